The fourth-order valence-corrected chi connectivity index (χ4v) is 1.61. The lowest BCUT2D eigenvalue weighted by Crippen LogP contribution is -2.34. The molecule has 6 heteroatoms. The number of anilines is 1. The fraction of sp³-hybridized carbons (Fsp3) is 0.417. The Kier molecular flexibility index (Phi) is 4.65. The number of carbonyl (C=O) groups is 1. The van der Waals surface area contributed by atoms with Crippen LogP contribution >= 0.6 is 0 Å². The van der Waals surface area contributed by atoms with E-state index in [-0.39, 0.29) is 28.9 Å². The number of nitro groups is 1. The molecule has 1 aromatic carbocycles. The van der Waals surface area contributed by atoms with Crippen molar-refractivity contribution in [2.75, 3.05) is 5.73 Å². The van der Waals surface area contributed by atoms with Gasteiger partial charge in [-0.15, -0.1) is 0 Å². The smallest absolute Gasteiger partial charge is 0.270 e. The number of nitrogen functional groups attached to an aromatic ring is 1. The van der Waals surface area contributed by atoms with E-state index >= 15 is 0 Å². The minimum absolute atomic E-state index is 0.0520. The van der Waals surface area contributed by atoms with Gasteiger partial charge >= 0.3 is 0 Å². The van der Waals surface area contributed by atoms with Crippen molar-refractivity contribution in [2.45, 2.75) is 32.7 Å². The zero-order chi connectivity index (χ0) is 13.7. The third kappa shape index (κ3) is 3.19. The standard InChI is InChI=1S/C12H17N3O3/c1-3-8(4-2)14-12(16)10-7-9(15(17)18)5-6-11(10)13/h5-8H,3-4,13H2,1-2H3,(H,14,16). The van der Waals surface area contributed by atoms with E-state index in [1.807, 2.05) is 13.8 Å². The highest BCUT2D eigenvalue weighted by Crippen LogP contribution is 2.19. The van der Waals surface area contributed by atoms with Gasteiger partial charge in [0.1, 0.15) is 0 Å². The number of nitro benzene ring substituents is 1. The number of nitrogens with zero attached hydrogens (tertiary/aromatic N) is 1. The van der Waals surface area contributed by atoms with Gasteiger partial charge in [-0.05, 0) is 18.9 Å². The van der Waals surface area contributed by atoms with Gasteiger partial charge in [-0.2, -0.15) is 0 Å². The highest BCUT2D eigenvalue weighted by Gasteiger charge is 2.17. The van der Waals surface area contributed by atoms with Gasteiger partial charge in [0.05, 0.1) is 10.5 Å². The lowest BCUT2D eigenvalue weighted by Gasteiger charge is -2.15. The van der Waals surface area contributed by atoms with Gasteiger partial charge in [0, 0.05) is 23.9 Å². The van der Waals surface area contributed by atoms with Gasteiger partial charge < -0.3 is 11.1 Å². The Hall–Kier alpha value is -2.11. The Morgan fingerprint density at radius 3 is 2.56 bits per heavy atom. The van der Waals surface area contributed by atoms with Crippen LogP contribution in [-0.2, 0) is 0 Å². The lowest BCUT2D eigenvalue weighted by molar-refractivity contribution is -0.384. The molecule has 0 bridgehead atoms. The maximum atomic E-state index is 12.0. The summed E-state index contributed by atoms with van der Waals surface area (Å²) in [7, 11) is 0. The van der Waals surface area contributed by atoms with Gasteiger partial charge in [-0.1, -0.05) is 13.8 Å². The van der Waals surface area contributed by atoms with Crippen LogP contribution in [0.4, 0.5) is 11.4 Å². The molecule has 0 saturated heterocycles. The van der Waals surface area contributed by atoms with E-state index in [9.17, 15) is 14.9 Å². The number of carbonyl (C=O) groups excluding carboxylic acids is 1. The van der Waals surface area contributed by atoms with E-state index < -0.39 is 4.92 Å². The third-order valence-electron chi connectivity index (χ3n) is 2.81. The molecule has 0 radical (unpaired) electrons. The van der Waals surface area contributed by atoms with Crippen LogP contribution in [0.3, 0.4) is 0 Å². The summed E-state index contributed by atoms with van der Waals surface area (Å²) in [6, 6.07) is 3.91. The number of hydrogen-bond acceptors (Lipinski definition) is 4. The van der Waals surface area contributed by atoms with E-state index in [1.54, 1.807) is 0 Å². The van der Waals surface area contributed by atoms with E-state index in [4.69, 9.17) is 5.73 Å². The summed E-state index contributed by atoms with van der Waals surface area (Å²) in [5.41, 5.74) is 5.91. The monoisotopic (exact) mass is 251 g/mol. The van der Waals surface area contributed by atoms with Crippen LogP contribution < -0.4 is 11.1 Å². The van der Waals surface area contributed by atoms with Crippen LogP contribution in [-0.4, -0.2) is 16.9 Å². The first-order chi connectivity index (χ1) is 8.49. The molecular formula is C12H17N3O3. The second-order valence-corrected chi connectivity index (χ2v) is 4.02. The van der Waals surface area contributed by atoms with Gasteiger partial charge in [0.15, 0.2) is 0 Å². The highest BCUT2D eigenvalue weighted by molar-refractivity contribution is 5.99. The number of hydrogen-bond donors (Lipinski definition) is 2. The molecule has 3 N–H and O–H groups in total. The summed E-state index contributed by atoms with van der Waals surface area (Å²) in [5.74, 6) is -0.370. The minimum atomic E-state index is -0.548. The van der Waals surface area contributed by atoms with Crippen molar-refractivity contribution in [3.05, 3.63) is 33.9 Å². The first kappa shape index (κ1) is 14.0. The van der Waals surface area contributed by atoms with Crippen LogP contribution in [0.1, 0.15) is 37.0 Å². The van der Waals surface area contributed by atoms with Crippen molar-refractivity contribution in [3.63, 3.8) is 0 Å². The predicted octanol–water partition coefficient (Wildman–Crippen LogP) is 2.10. The molecule has 6 nitrogen and oxygen atoms in total. The summed E-state index contributed by atoms with van der Waals surface area (Å²) in [4.78, 5) is 22.1. The van der Waals surface area contributed by atoms with Gasteiger partial charge in [-0.25, -0.2) is 0 Å². The van der Waals surface area contributed by atoms with E-state index in [1.165, 1.54) is 18.2 Å². The number of nitrogens with one attached hydrogen (secondary N) is 1. The van der Waals surface area contributed by atoms with E-state index in [0.717, 1.165) is 12.8 Å². The summed E-state index contributed by atoms with van der Waals surface area (Å²) in [6.07, 6.45) is 1.61. The maximum Gasteiger partial charge on any atom is 0.270 e. The van der Waals surface area contributed by atoms with Crippen LogP contribution in [0.25, 0.3) is 0 Å². The Bertz CT molecular complexity index is 456. The first-order valence-corrected chi connectivity index (χ1v) is 5.84. The minimum Gasteiger partial charge on any atom is -0.398 e. The SMILES string of the molecule is CCC(CC)NC(=O)c1cc([N+](=O)[O-])ccc1N. The molecule has 0 saturated carbocycles. The van der Waals surface area contributed by atoms with Crippen LogP contribution in [0.15, 0.2) is 18.2 Å². The van der Waals surface area contributed by atoms with Crippen LogP contribution in [0, 0.1) is 10.1 Å². The quantitative estimate of drug-likeness (QED) is 0.475. The molecule has 98 valence electrons. The van der Waals surface area contributed by atoms with Crippen molar-refractivity contribution >= 4 is 17.3 Å². The van der Waals surface area contributed by atoms with Gasteiger partial charge in [-0.3, -0.25) is 14.9 Å². The maximum absolute atomic E-state index is 12.0. The zero-order valence-corrected chi connectivity index (χ0v) is 10.5. The number of non-ortho nitro benzene ring substituents is 1. The second-order valence-electron chi connectivity index (χ2n) is 4.02. The fourth-order valence-electron chi connectivity index (χ4n) is 1.61. The summed E-state index contributed by atoms with van der Waals surface area (Å²) < 4.78 is 0. The average Bonchev–Trinajstić information content (AvgIpc) is 2.35. The Morgan fingerprint density at radius 2 is 2.06 bits per heavy atom. The van der Waals surface area contributed by atoms with Crippen molar-refractivity contribution in [3.8, 4) is 0 Å². The van der Waals surface area contributed by atoms with E-state index in [0.29, 0.717) is 0 Å². The average molecular weight is 251 g/mol. The summed E-state index contributed by atoms with van der Waals surface area (Å²) in [6.45, 7) is 3.93. The van der Waals surface area contributed by atoms with Crippen molar-refractivity contribution in [2.24, 2.45) is 0 Å². The number of benzene rings is 1. The molecule has 1 aromatic rings. The largest absolute Gasteiger partial charge is 0.398 e. The molecular weight excluding hydrogens is 234 g/mol. The third-order valence-corrected chi connectivity index (χ3v) is 2.81. The molecule has 1 amide bonds. The molecule has 0 aliphatic rings. The number of nitrogens with two attached hydrogens (primary N) is 1. The van der Waals surface area contributed by atoms with E-state index in [2.05, 4.69) is 5.32 Å². The molecule has 18 heavy (non-hydrogen) atoms. The predicted molar refractivity (Wildman–Crippen MR) is 69.3 cm³/mol. The lowest BCUT2D eigenvalue weighted by atomic mass is 10.1. The highest BCUT2D eigenvalue weighted by atomic mass is 16.6. The first-order valence-electron chi connectivity index (χ1n) is 5.84. The zero-order valence-electron chi connectivity index (χ0n) is 10.5. The molecule has 0 unspecified atom stereocenters. The molecule has 0 spiro atoms. The van der Waals surface area contributed by atoms with Gasteiger partial charge in [0.25, 0.3) is 11.6 Å². The molecule has 0 aromatic heterocycles. The number of amides is 1. The van der Waals surface area contributed by atoms with Crippen LogP contribution in [0.5, 0.6) is 0 Å². The normalized spacial score (nSPS) is 10.4. The molecule has 0 aliphatic carbocycles. The summed E-state index contributed by atoms with van der Waals surface area (Å²) in [5, 5.41) is 13.5. The molecule has 0 fully saturated rings. The molecule has 0 heterocycles. The van der Waals surface area contributed by atoms with Crippen molar-refractivity contribution < 1.29 is 9.72 Å². The molecule has 1 rings (SSSR count). The van der Waals surface area contributed by atoms with Gasteiger partial charge in [0.2, 0.25) is 0 Å². The van der Waals surface area contributed by atoms with Crippen molar-refractivity contribution in [1.29, 1.82) is 0 Å². The topological polar surface area (TPSA) is 98.3 Å². The Labute approximate surface area is 105 Å². The summed E-state index contributed by atoms with van der Waals surface area (Å²) >= 11 is 0. The van der Waals surface area contributed by atoms with Crippen LogP contribution in [0.2, 0.25) is 0 Å². The Morgan fingerprint density at radius 1 is 1.44 bits per heavy atom. The number of rotatable bonds is 5. The second kappa shape index (κ2) is 6.00. The molecule has 0 aliphatic heterocycles. The molecule has 0 atom stereocenters. The van der Waals surface area contributed by atoms with Crippen molar-refractivity contribution in [1.82, 2.24) is 5.32 Å². The Balaban J connectivity index is 2.97.